The number of rotatable bonds is 5. The summed E-state index contributed by atoms with van der Waals surface area (Å²) >= 11 is 0. The SMILES string of the molecule is CC1(C)c2ccccc2-c2ccc(N(c3ccc(-c4ccc5c(c4)oc4ccccc45)cc3)c3ccccc3-c3cccc4c3oc3cc5ccccc5cc34)cc21. The predicted molar refractivity (Wildman–Crippen MR) is 242 cm³/mol. The molecule has 0 saturated heterocycles. The van der Waals surface area contributed by atoms with Gasteiger partial charge in [-0.2, -0.15) is 0 Å². The molecule has 0 spiro atoms. The van der Waals surface area contributed by atoms with Crippen LogP contribution in [0.3, 0.4) is 0 Å². The van der Waals surface area contributed by atoms with Crippen molar-refractivity contribution in [2.24, 2.45) is 0 Å². The van der Waals surface area contributed by atoms with E-state index in [9.17, 15) is 0 Å². The van der Waals surface area contributed by atoms with E-state index in [1.807, 2.05) is 12.1 Å². The van der Waals surface area contributed by atoms with E-state index < -0.39 is 0 Å². The van der Waals surface area contributed by atoms with Gasteiger partial charge in [-0.05, 0) is 105 Å². The zero-order valence-electron chi connectivity index (χ0n) is 32.2. The molecule has 0 aliphatic heterocycles. The second kappa shape index (κ2) is 12.3. The van der Waals surface area contributed by atoms with Gasteiger partial charge < -0.3 is 13.7 Å². The Labute approximate surface area is 336 Å². The molecule has 0 bridgehead atoms. The van der Waals surface area contributed by atoms with Gasteiger partial charge in [0, 0.05) is 49.5 Å². The highest BCUT2D eigenvalue weighted by atomic mass is 16.3. The number of para-hydroxylation sites is 3. The molecule has 2 heterocycles. The molecule has 9 aromatic carbocycles. The van der Waals surface area contributed by atoms with Gasteiger partial charge in [-0.1, -0.05) is 141 Å². The Bertz CT molecular complexity index is 3440. The summed E-state index contributed by atoms with van der Waals surface area (Å²) in [5.41, 5.74) is 16.4. The third-order valence-electron chi connectivity index (χ3n) is 12.5. The predicted octanol–water partition coefficient (Wildman–Crippen LogP) is 15.7. The van der Waals surface area contributed by atoms with Crippen LogP contribution in [0.5, 0.6) is 0 Å². The van der Waals surface area contributed by atoms with Crippen LogP contribution in [0.15, 0.2) is 197 Å². The number of hydrogen-bond donors (Lipinski definition) is 0. The summed E-state index contributed by atoms with van der Waals surface area (Å²) in [5, 5.41) is 6.89. The van der Waals surface area contributed by atoms with E-state index in [0.29, 0.717) is 0 Å². The average Bonchev–Trinajstić information content (AvgIpc) is 3.90. The standard InChI is InChI=1S/C55H37NO2/c1-55(2)48-19-8-5-14-40(48)41-29-27-39(33-49(41)55)56(38-25-22-34(23-26-38)37-24-28-44-43-16-7-10-21-51(43)57-52(44)32-37)50-20-9-6-15-42(50)45-17-11-18-46-47-30-35-12-3-4-13-36(35)31-53(47)58-54(45)46/h3-33H,1-2H3. The Morgan fingerprint density at radius 2 is 1.02 bits per heavy atom. The first-order valence-corrected chi connectivity index (χ1v) is 20.0. The topological polar surface area (TPSA) is 29.5 Å². The summed E-state index contributed by atoms with van der Waals surface area (Å²) in [5.74, 6) is 0. The third-order valence-corrected chi connectivity index (χ3v) is 12.5. The molecule has 0 atom stereocenters. The minimum Gasteiger partial charge on any atom is -0.456 e. The van der Waals surface area contributed by atoms with Crippen molar-refractivity contribution in [3.8, 4) is 33.4 Å². The average molecular weight is 744 g/mol. The Kier molecular flexibility index (Phi) is 6.98. The smallest absolute Gasteiger partial charge is 0.143 e. The van der Waals surface area contributed by atoms with Crippen LogP contribution in [0.25, 0.3) is 88.0 Å². The van der Waals surface area contributed by atoms with Crippen LogP contribution in [0.2, 0.25) is 0 Å². The van der Waals surface area contributed by atoms with Crippen LogP contribution in [-0.2, 0) is 5.41 Å². The molecule has 2 aromatic heterocycles. The normalized spacial score (nSPS) is 13.1. The molecule has 0 radical (unpaired) electrons. The van der Waals surface area contributed by atoms with Gasteiger partial charge in [0.2, 0.25) is 0 Å². The molecule has 0 saturated carbocycles. The van der Waals surface area contributed by atoms with Crippen molar-refractivity contribution in [1.29, 1.82) is 0 Å². The molecule has 12 rings (SSSR count). The van der Waals surface area contributed by atoms with Gasteiger partial charge in [-0.15, -0.1) is 0 Å². The monoisotopic (exact) mass is 743 g/mol. The Balaban J connectivity index is 1.04. The van der Waals surface area contributed by atoms with Crippen molar-refractivity contribution >= 4 is 71.7 Å². The minimum absolute atomic E-state index is 0.143. The maximum atomic E-state index is 6.80. The van der Waals surface area contributed by atoms with Crippen molar-refractivity contribution < 1.29 is 8.83 Å². The molecular formula is C55H37NO2. The van der Waals surface area contributed by atoms with E-state index in [1.165, 1.54) is 33.0 Å². The lowest BCUT2D eigenvalue weighted by molar-refractivity contribution is 0.660. The van der Waals surface area contributed by atoms with Crippen LogP contribution < -0.4 is 4.90 Å². The highest BCUT2D eigenvalue weighted by molar-refractivity contribution is 6.14. The minimum atomic E-state index is -0.143. The molecule has 0 unspecified atom stereocenters. The zero-order chi connectivity index (χ0) is 38.5. The van der Waals surface area contributed by atoms with Crippen LogP contribution in [0, 0.1) is 0 Å². The number of benzene rings is 9. The number of anilines is 3. The number of fused-ring (bicyclic) bond motifs is 10. The van der Waals surface area contributed by atoms with E-state index in [4.69, 9.17) is 8.83 Å². The largest absolute Gasteiger partial charge is 0.456 e. The number of hydrogen-bond acceptors (Lipinski definition) is 3. The molecule has 1 aliphatic rings. The Morgan fingerprint density at radius 1 is 0.379 bits per heavy atom. The lowest BCUT2D eigenvalue weighted by Gasteiger charge is -2.30. The fourth-order valence-corrected chi connectivity index (χ4v) is 9.56. The van der Waals surface area contributed by atoms with E-state index in [2.05, 4.69) is 195 Å². The Morgan fingerprint density at radius 3 is 1.90 bits per heavy atom. The molecule has 3 heteroatoms. The summed E-state index contributed by atoms with van der Waals surface area (Å²) in [6.07, 6.45) is 0. The van der Waals surface area contributed by atoms with Crippen LogP contribution in [-0.4, -0.2) is 0 Å². The number of nitrogens with zero attached hydrogens (tertiary/aromatic N) is 1. The lowest BCUT2D eigenvalue weighted by Crippen LogP contribution is -2.16. The summed E-state index contributed by atoms with van der Waals surface area (Å²) in [4.78, 5) is 2.41. The third kappa shape index (κ3) is 4.86. The molecule has 0 N–H and O–H groups in total. The van der Waals surface area contributed by atoms with Crippen molar-refractivity contribution in [2.45, 2.75) is 19.3 Å². The molecular weight excluding hydrogens is 707 g/mol. The van der Waals surface area contributed by atoms with E-state index in [-0.39, 0.29) is 5.41 Å². The lowest BCUT2D eigenvalue weighted by atomic mass is 9.82. The molecule has 11 aromatic rings. The zero-order valence-corrected chi connectivity index (χ0v) is 32.2. The molecule has 0 amide bonds. The number of furan rings is 2. The fraction of sp³-hybridized carbons (Fsp3) is 0.0545. The first kappa shape index (κ1) is 32.8. The maximum absolute atomic E-state index is 6.80. The van der Waals surface area contributed by atoms with E-state index >= 15 is 0 Å². The van der Waals surface area contributed by atoms with Crippen molar-refractivity contribution in [3.05, 3.63) is 199 Å². The van der Waals surface area contributed by atoms with Crippen molar-refractivity contribution in [1.82, 2.24) is 0 Å². The van der Waals surface area contributed by atoms with E-state index in [0.717, 1.165) is 83.2 Å². The van der Waals surface area contributed by atoms with Crippen molar-refractivity contribution in [3.63, 3.8) is 0 Å². The van der Waals surface area contributed by atoms with Gasteiger partial charge in [0.05, 0.1) is 5.69 Å². The second-order valence-electron chi connectivity index (χ2n) is 16.1. The molecule has 1 aliphatic carbocycles. The van der Waals surface area contributed by atoms with Gasteiger partial charge in [-0.3, -0.25) is 0 Å². The molecule has 0 fully saturated rings. The van der Waals surface area contributed by atoms with Gasteiger partial charge in [-0.25, -0.2) is 0 Å². The summed E-state index contributed by atoms with van der Waals surface area (Å²) in [6, 6.07) is 67.8. The van der Waals surface area contributed by atoms with Gasteiger partial charge in [0.15, 0.2) is 0 Å². The Hall–Kier alpha value is -7.36. The fourth-order valence-electron chi connectivity index (χ4n) is 9.56. The van der Waals surface area contributed by atoms with Gasteiger partial charge in [0.25, 0.3) is 0 Å². The van der Waals surface area contributed by atoms with Crippen LogP contribution in [0.1, 0.15) is 25.0 Å². The highest BCUT2D eigenvalue weighted by Crippen LogP contribution is 2.52. The van der Waals surface area contributed by atoms with Crippen LogP contribution >= 0.6 is 0 Å². The van der Waals surface area contributed by atoms with Crippen LogP contribution in [0.4, 0.5) is 17.1 Å². The molecule has 3 nitrogen and oxygen atoms in total. The van der Waals surface area contributed by atoms with Gasteiger partial charge >= 0.3 is 0 Å². The highest BCUT2D eigenvalue weighted by Gasteiger charge is 2.36. The summed E-state index contributed by atoms with van der Waals surface area (Å²) in [6.45, 7) is 4.69. The van der Waals surface area contributed by atoms with E-state index in [1.54, 1.807) is 0 Å². The molecule has 58 heavy (non-hydrogen) atoms. The quantitative estimate of drug-likeness (QED) is 0.176. The first-order valence-electron chi connectivity index (χ1n) is 20.0. The van der Waals surface area contributed by atoms with Gasteiger partial charge in [0.1, 0.15) is 22.3 Å². The maximum Gasteiger partial charge on any atom is 0.143 e. The summed E-state index contributed by atoms with van der Waals surface area (Å²) in [7, 11) is 0. The first-order chi connectivity index (χ1) is 28.5. The molecule has 274 valence electrons. The second-order valence-corrected chi connectivity index (χ2v) is 16.1. The summed E-state index contributed by atoms with van der Waals surface area (Å²) < 4.78 is 13.1. The van der Waals surface area contributed by atoms with Crippen molar-refractivity contribution in [2.75, 3.05) is 4.90 Å².